The quantitative estimate of drug-likeness (QED) is 0.675. The molecule has 30 heavy (non-hydrogen) atoms. The molecule has 2 aromatic rings. The zero-order chi connectivity index (χ0) is 21.7. The smallest absolute Gasteiger partial charge is 0.238 e. The maximum atomic E-state index is 13.4. The molecule has 0 unspecified atom stereocenters. The Labute approximate surface area is 174 Å². The van der Waals surface area contributed by atoms with Gasteiger partial charge in [0, 0.05) is 37.5 Å². The van der Waals surface area contributed by atoms with Gasteiger partial charge in [0.1, 0.15) is 23.3 Å². The predicted octanol–water partition coefficient (Wildman–Crippen LogP) is 2.63. The number of nitrogens with zero attached hydrogens (tertiary/aromatic N) is 1. The molecule has 2 aromatic carbocycles. The Kier molecular flexibility index (Phi) is 6.69. The Balaban J connectivity index is 1.52. The number of aliphatic hydroxyl groups is 1. The van der Waals surface area contributed by atoms with Gasteiger partial charge in [-0.05, 0) is 49.7 Å². The van der Waals surface area contributed by atoms with Crippen LogP contribution in [-0.2, 0) is 9.59 Å². The lowest BCUT2D eigenvalue weighted by molar-refractivity contribution is -0.123. The largest absolute Gasteiger partial charge is 0.487 e. The van der Waals surface area contributed by atoms with Gasteiger partial charge in [-0.25, -0.2) is 4.39 Å². The van der Waals surface area contributed by atoms with Crippen molar-refractivity contribution >= 4 is 23.2 Å². The van der Waals surface area contributed by atoms with Crippen molar-refractivity contribution in [2.45, 2.75) is 32.0 Å². The molecule has 1 aliphatic heterocycles. The zero-order valence-electron chi connectivity index (χ0n) is 17.0. The Morgan fingerprint density at radius 1 is 1.20 bits per heavy atom. The van der Waals surface area contributed by atoms with Gasteiger partial charge in [-0.2, -0.15) is 0 Å². The van der Waals surface area contributed by atoms with Crippen molar-refractivity contribution in [3.05, 3.63) is 54.3 Å². The molecule has 160 valence electrons. The number of β-amino-alcohol motifs (C(OH)–C–C–N with tert-alkyl or cyclic N) is 1. The Bertz CT molecular complexity index is 902. The number of piperidine rings is 1. The van der Waals surface area contributed by atoms with E-state index in [1.807, 2.05) is 4.90 Å². The fourth-order valence-corrected chi connectivity index (χ4v) is 3.51. The van der Waals surface area contributed by atoms with E-state index in [4.69, 9.17) is 4.74 Å². The minimum absolute atomic E-state index is 0.121. The molecular weight excluding hydrogens is 389 g/mol. The van der Waals surface area contributed by atoms with Gasteiger partial charge in [0.15, 0.2) is 0 Å². The average molecular weight is 415 g/mol. The van der Waals surface area contributed by atoms with Crippen molar-refractivity contribution in [3.63, 3.8) is 0 Å². The number of likely N-dealkylation sites (tertiary alicyclic amines) is 1. The van der Waals surface area contributed by atoms with Gasteiger partial charge in [-0.15, -0.1) is 0 Å². The fraction of sp³-hybridized carbons (Fsp3) is 0.364. The molecule has 1 heterocycles. The van der Waals surface area contributed by atoms with Crippen molar-refractivity contribution in [2.75, 3.05) is 30.3 Å². The number of rotatable bonds is 6. The van der Waals surface area contributed by atoms with Crippen molar-refractivity contribution in [1.82, 2.24) is 4.90 Å². The highest BCUT2D eigenvalue weighted by atomic mass is 19.1. The summed E-state index contributed by atoms with van der Waals surface area (Å²) in [6.45, 7) is 4.02. The second kappa shape index (κ2) is 9.23. The van der Waals surface area contributed by atoms with E-state index in [-0.39, 0.29) is 24.9 Å². The molecule has 2 atom stereocenters. The van der Waals surface area contributed by atoms with Gasteiger partial charge < -0.3 is 20.5 Å². The van der Waals surface area contributed by atoms with Gasteiger partial charge >= 0.3 is 0 Å². The number of carbonyl (C=O) groups excluding carboxylic acids is 2. The van der Waals surface area contributed by atoms with E-state index in [2.05, 4.69) is 10.6 Å². The van der Waals surface area contributed by atoms with Gasteiger partial charge in [-0.1, -0.05) is 6.07 Å². The number of nitrogens with one attached hydrogen (secondary N) is 2. The van der Waals surface area contributed by atoms with E-state index in [0.29, 0.717) is 30.1 Å². The number of anilines is 2. The van der Waals surface area contributed by atoms with Gasteiger partial charge in [0.2, 0.25) is 11.8 Å². The molecule has 0 saturated carbocycles. The van der Waals surface area contributed by atoms with Gasteiger partial charge in [-0.3, -0.25) is 14.5 Å². The predicted molar refractivity (Wildman–Crippen MR) is 112 cm³/mol. The van der Waals surface area contributed by atoms with Crippen LogP contribution in [0.4, 0.5) is 15.8 Å². The summed E-state index contributed by atoms with van der Waals surface area (Å²) < 4.78 is 19.2. The Hall–Kier alpha value is -2.97. The van der Waals surface area contributed by atoms with Crippen LogP contribution in [0.25, 0.3) is 0 Å². The molecule has 0 aromatic heterocycles. The van der Waals surface area contributed by atoms with Crippen LogP contribution < -0.4 is 15.4 Å². The van der Waals surface area contributed by atoms with Gasteiger partial charge in [0.05, 0.1) is 6.54 Å². The summed E-state index contributed by atoms with van der Waals surface area (Å²) in [5.74, 6) is -0.397. The number of benzene rings is 2. The average Bonchev–Trinajstić information content (AvgIpc) is 2.65. The van der Waals surface area contributed by atoms with E-state index in [0.717, 1.165) is 0 Å². The first-order chi connectivity index (χ1) is 14.2. The van der Waals surface area contributed by atoms with Crippen LogP contribution in [0.1, 0.15) is 20.3 Å². The van der Waals surface area contributed by atoms with Crippen LogP contribution in [0, 0.1) is 5.82 Å². The highest BCUT2D eigenvalue weighted by Gasteiger charge is 2.40. The summed E-state index contributed by atoms with van der Waals surface area (Å²) >= 11 is 0. The van der Waals surface area contributed by atoms with Crippen LogP contribution in [-0.4, -0.2) is 53.2 Å². The minimum Gasteiger partial charge on any atom is -0.487 e. The maximum Gasteiger partial charge on any atom is 0.238 e. The summed E-state index contributed by atoms with van der Waals surface area (Å²) in [7, 11) is 0. The molecular formula is C22H26FN3O4. The van der Waals surface area contributed by atoms with Crippen molar-refractivity contribution in [1.29, 1.82) is 0 Å². The highest BCUT2D eigenvalue weighted by molar-refractivity contribution is 5.93. The fourth-order valence-electron chi connectivity index (χ4n) is 3.51. The lowest BCUT2D eigenvalue weighted by atomic mass is 9.91. The number of hydrogen-bond donors (Lipinski definition) is 3. The number of amides is 2. The van der Waals surface area contributed by atoms with E-state index < -0.39 is 17.5 Å². The molecule has 3 rings (SSSR count). The third kappa shape index (κ3) is 6.01. The van der Waals surface area contributed by atoms with Crippen LogP contribution in [0.15, 0.2) is 48.5 Å². The maximum absolute atomic E-state index is 13.4. The summed E-state index contributed by atoms with van der Waals surface area (Å²) in [6, 6.07) is 12.6. The summed E-state index contributed by atoms with van der Waals surface area (Å²) in [5, 5.41) is 16.3. The molecule has 2 amide bonds. The summed E-state index contributed by atoms with van der Waals surface area (Å²) in [5.41, 5.74) is 0.0762. The minimum atomic E-state index is -1.19. The number of ether oxygens (including phenoxy) is 1. The molecule has 8 heteroatoms. The summed E-state index contributed by atoms with van der Waals surface area (Å²) in [6.07, 6.45) is 0.00213. The van der Waals surface area contributed by atoms with E-state index in [1.54, 1.807) is 43.3 Å². The van der Waals surface area contributed by atoms with Crippen molar-refractivity contribution in [2.24, 2.45) is 0 Å². The molecule has 1 saturated heterocycles. The molecule has 0 bridgehead atoms. The molecule has 1 aliphatic rings. The van der Waals surface area contributed by atoms with E-state index in [1.165, 1.54) is 19.1 Å². The first kappa shape index (κ1) is 21.7. The van der Waals surface area contributed by atoms with E-state index in [9.17, 15) is 19.1 Å². The standard InChI is InChI=1S/C22H26FN3O4/c1-15(27)24-17-6-8-18(9-7-17)25-21(28)13-26-11-10-20(22(2,29)14-26)30-19-5-3-4-16(23)12-19/h3-9,12,20,29H,10-11,13-14H2,1-2H3,(H,24,27)(H,25,28)/t20-,22-/m0/s1. The molecule has 0 spiro atoms. The third-order valence-corrected chi connectivity index (χ3v) is 4.88. The monoisotopic (exact) mass is 415 g/mol. The SMILES string of the molecule is CC(=O)Nc1ccc(NC(=O)CN2CC[C@H](Oc3cccc(F)c3)[C@@](C)(O)C2)cc1. The Morgan fingerprint density at radius 3 is 2.47 bits per heavy atom. The second-order valence-electron chi connectivity index (χ2n) is 7.73. The topological polar surface area (TPSA) is 90.9 Å². The van der Waals surface area contributed by atoms with Gasteiger partial charge in [0.25, 0.3) is 0 Å². The number of carbonyl (C=O) groups is 2. The molecule has 7 nitrogen and oxygen atoms in total. The number of halogens is 1. The molecule has 3 N–H and O–H groups in total. The third-order valence-electron chi connectivity index (χ3n) is 4.88. The van der Waals surface area contributed by atoms with Crippen LogP contribution >= 0.6 is 0 Å². The first-order valence-electron chi connectivity index (χ1n) is 9.76. The Morgan fingerprint density at radius 2 is 1.87 bits per heavy atom. The normalized spacial score (nSPS) is 21.7. The van der Waals surface area contributed by atoms with Crippen molar-refractivity contribution in [3.8, 4) is 5.75 Å². The molecule has 1 fully saturated rings. The first-order valence-corrected chi connectivity index (χ1v) is 9.76. The molecule has 0 radical (unpaired) electrons. The lowest BCUT2D eigenvalue weighted by Gasteiger charge is -2.42. The van der Waals surface area contributed by atoms with Crippen LogP contribution in [0.2, 0.25) is 0 Å². The zero-order valence-corrected chi connectivity index (χ0v) is 17.0. The van der Waals surface area contributed by atoms with Crippen LogP contribution in [0.5, 0.6) is 5.75 Å². The highest BCUT2D eigenvalue weighted by Crippen LogP contribution is 2.26. The van der Waals surface area contributed by atoms with Crippen LogP contribution in [0.3, 0.4) is 0 Å². The molecule has 0 aliphatic carbocycles. The summed E-state index contributed by atoms with van der Waals surface area (Å²) in [4.78, 5) is 25.3. The van der Waals surface area contributed by atoms with E-state index >= 15 is 0 Å². The van der Waals surface area contributed by atoms with Crippen molar-refractivity contribution < 1.29 is 23.8 Å². The number of hydrogen-bond acceptors (Lipinski definition) is 5. The lowest BCUT2D eigenvalue weighted by Crippen LogP contribution is -2.58. The second-order valence-corrected chi connectivity index (χ2v) is 7.73.